The topological polar surface area (TPSA) is 15.3 Å². The average molecular weight is 286 g/mol. The van der Waals surface area contributed by atoms with Gasteiger partial charge >= 0.3 is 0 Å². The van der Waals surface area contributed by atoms with Gasteiger partial charge in [-0.15, -0.1) is 0 Å². The van der Waals surface area contributed by atoms with Gasteiger partial charge in [0.1, 0.15) is 0 Å². The summed E-state index contributed by atoms with van der Waals surface area (Å²) in [5, 5.41) is 3.86. The van der Waals surface area contributed by atoms with Crippen molar-refractivity contribution in [3.05, 3.63) is 35.4 Å². The molecule has 1 saturated carbocycles. The number of rotatable bonds is 5. The molecule has 21 heavy (non-hydrogen) atoms. The lowest BCUT2D eigenvalue weighted by Crippen LogP contribution is -2.64. The van der Waals surface area contributed by atoms with Crippen LogP contribution in [-0.2, 0) is 6.42 Å². The van der Waals surface area contributed by atoms with Crippen LogP contribution in [0, 0.1) is 12.8 Å². The van der Waals surface area contributed by atoms with Crippen molar-refractivity contribution in [3.63, 3.8) is 0 Å². The van der Waals surface area contributed by atoms with Crippen molar-refractivity contribution in [2.45, 2.75) is 58.0 Å². The van der Waals surface area contributed by atoms with Crippen LogP contribution in [-0.4, -0.2) is 36.1 Å². The maximum atomic E-state index is 3.86. The fourth-order valence-corrected chi connectivity index (χ4v) is 3.90. The fraction of sp³-hybridized carbons (Fsp3) is 0.684. The van der Waals surface area contributed by atoms with E-state index in [1.54, 1.807) is 0 Å². The molecule has 1 saturated heterocycles. The molecule has 1 aromatic carbocycles. The molecule has 1 N–H and O–H groups in total. The van der Waals surface area contributed by atoms with Crippen LogP contribution in [0.2, 0.25) is 0 Å². The van der Waals surface area contributed by atoms with Crippen LogP contribution in [0.15, 0.2) is 24.3 Å². The minimum atomic E-state index is 0.359. The summed E-state index contributed by atoms with van der Waals surface area (Å²) in [4.78, 5) is 2.75. The number of hydrogen-bond donors (Lipinski definition) is 1. The number of nitrogens with zero attached hydrogens (tertiary/aromatic N) is 1. The van der Waals surface area contributed by atoms with E-state index in [9.17, 15) is 0 Å². The second-order valence-electron chi connectivity index (χ2n) is 7.28. The van der Waals surface area contributed by atoms with Crippen molar-refractivity contribution < 1.29 is 0 Å². The molecule has 1 aliphatic carbocycles. The quantitative estimate of drug-likeness (QED) is 0.892. The Morgan fingerprint density at radius 3 is 2.71 bits per heavy atom. The third-order valence-corrected chi connectivity index (χ3v) is 5.67. The summed E-state index contributed by atoms with van der Waals surface area (Å²) in [6.45, 7) is 10.6. The first-order chi connectivity index (χ1) is 10.1. The molecule has 2 heteroatoms. The normalized spacial score (nSPS) is 30.5. The summed E-state index contributed by atoms with van der Waals surface area (Å²) in [5.74, 6) is 0.913. The Balaban J connectivity index is 1.65. The van der Waals surface area contributed by atoms with E-state index in [1.807, 2.05) is 0 Å². The van der Waals surface area contributed by atoms with Crippen LogP contribution in [0.1, 0.15) is 44.2 Å². The Kier molecular flexibility index (Phi) is 4.37. The Bertz CT molecular complexity index is 480. The molecule has 0 amide bonds. The highest BCUT2D eigenvalue weighted by molar-refractivity contribution is 5.25. The number of piperazine rings is 1. The highest BCUT2D eigenvalue weighted by Crippen LogP contribution is 2.41. The maximum Gasteiger partial charge on any atom is 0.0309 e. The Hall–Kier alpha value is -0.860. The Morgan fingerprint density at radius 1 is 1.29 bits per heavy atom. The minimum absolute atomic E-state index is 0.359. The van der Waals surface area contributed by atoms with Gasteiger partial charge in [0.25, 0.3) is 0 Å². The standard InChI is InChI=1S/C19H30N2/c1-4-18-13-20-19(3,17-9-10-17)14-21(18)12-11-16-8-6-5-7-15(16)2/h5-8,17-18,20H,4,9-14H2,1-3H3. The molecule has 0 bridgehead atoms. The highest BCUT2D eigenvalue weighted by Gasteiger charge is 2.45. The zero-order chi connectivity index (χ0) is 14.9. The summed E-state index contributed by atoms with van der Waals surface area (Å²) < 4.78 is 0. The van der Waals surface area contributed by atoms with Crippen molar-refractivity contribution in [1.29, 1.82) is 0 Å². The van der Waals surface area contributed by atoms with Gasteiger partial charge in [-0.1, -0.05) is 31.2 Å². The first-order valence-corrected chi connectivity index (χ1v) is 8.66. The lowest BCUT2D eigenvalue weighted by Gasteiger charge is -2.46. The zero-order valence-corrected chi connectivity index (χ0v) is 13.9. The molecule has 2 aliphatic rings. The molecule has 2 nitrogen and oxygen atoms in total. The van der Waals surface area contributed by atoms with Crippen LogP contribution in [0.5, 0.6) is 0 Å². The zero-order valence-electron chi connectivity index (χ0n) is 13.9. The number of nitrogens with one attached hydrogen (secondary N) is 1. The largest absolute Gasteiger partial charge is 0.308 e. The molecule has 0 aromatic heterocycles. The van der Waals surface area contributed by atoms with E-state index in [2.05, 4.69) is 55.3 Å². The molecular weight excluding hydrogens is 256 g/mol. The summed E-state index contributed by atoms with van der Waals surface area (Å²) in [5.41, 5.74) is 3.31. The summed E-state index contributed by atoms with van der Waals surface area (Å²) >= 11 is 0. The van der Waals surface area contributed by atoms with Crippen LogP contribution in [0.3, 0.4) is 0 Å². The summed E-state index contributed by atoms with van der Waals surface area (Å²) in [6, 6.07) is 9.55. The monoisotopic (exact) mass is 286 g/mol. The Morgan fingerprint density at radius 2 is 2.05 bits per heavy atom. The molecule has 2 atom stereocenters. The van der Waals surface area contributed by atoms with E-state index in [4.69, 9.17) is 0 Å². The molecule has 0 spiro atoms. The van der Waals surface area contributed by atoms with Gasteiger partial charge in [0.2, 0.25) is 0 Å². The van der Waals surface area contributed by atoms with Gasteiger partial charge in [-0.05, 0) is 56.6 Å². The van der Waals surface area contributed by atoms with Crippen molar-refractivity contribution in [2.75, 3.05) is 19.6 Å². The molecule has 2 unspecified atom stereocenters. The van der Waals surface area contributed by atoms with Crippen molar-refractivity contribution >= 4 is 0 Å². The van der Waals surface area contributed by atoms with Gasteiger partial charge in [0.05, 0.1) is 0 Å². The predicted molar refractivity (Wildman–Crippen MR) is 89.7 cm³/mol. The van der Waals surface area contributed by atoms with Gasteiger partial charge in [-0.3, -0.25) is 4.90 Å². The molecule has 0 radical (unpaired) electrons. The fourth-order valence-electron chi connectivity index (χ4n) is 3.90. The highest BCUT2D eigenvalue weighted by atomic mass is 15.3. The van der Waals surface area contributed by atoms with Crippen molar-refractivity contribution in [2.24, 2.45) is 5.92 Å². The summed E-state index contributed by atoms with van der Waals surface area (Å²) in [7, 11) is 0. The van der Waals surface area contributed by atoms with Gasteiger partial charge in [-0.25, -0.2) is 0 Å². The van der Waals surface area contributed by atoms with Gasteiger partial charge in [-0.2, -0.15) is 0 Å². The van der Waals surface area contributed by atoms with E-state index in [1.165, 1.54) is 49.9 Å². The molecule has 116 valence electrons. The second-order valence-corrected chi connectivity index (χ2v) is 7.28. The average Bonchev–Trinajstić information content (AvgIpc) is 3.32. The third kappa shape index (κ3) is 3.32. The van der Waals surface area contributed by atoms with Crippen LogP contribution in [0.25, 0.3) is 0 Å². The molecule has 1 aliphatic heterocycles. The lowest BCUT2D eigenvalue weighted by atomic mass is 9.90. The lowest BCUT2D eigenvalue weighted by molar-refractivity contribution is 0.0739. The van der Waals surface area contributed by atoms with Crippen molar-refractivity contribution in [1.82, 2.24) is 10.2 Å². The third-order valence-electron chi connectivity index (χ3n) is 5.67. The first-order valence-electron chi connectivity index (χ1n) is 8.66. The molecule has 1 heterocycles. The summed E-state index contributed by atoms with van der Waals surface area (Å²) in [6.07, 6.45) is 5.28. The van der Waals surface area contributed by atoms with E-state index >= 15 is 0 Å². The molecule has 3 rings (SSSR count). The van der Waals surface area contributed by atoms with Gasteiger partial charge in [0.15, 0.2) is 0 Å². The second kappa shape index (κ2) is 6.10. The Labute approximate surface area is 129 Å². The molecular formula is C19H30N2. The SMILES string of the molecule is CCC1CNC(C)(C2CC2)CN1CCc1ccccc1C. The van der Waals surface area contributed by atoms with Crippen molar-refractivity contribution in [3.8, 4) is 0 Å². The van der Waals surface area contributed by atoms with Crippen LogP contribution >= 0.6 is 0 Å². The van der Waals surface area contributed by atoms with Gasteiger partial charge < -0.3 is 5.32 Å². The predicted octanol–water partition coefficient (Wildman–Crippen LogP) is 3.39. The number of aryl methyl sites for hydroxylation is 1. The first kappa shape index (κ1) is 15.1. The van der Waals surface area contributed by atoms with Crippen LogP contribution < -0.4 is 5.32 Å². The molecule has 2 fully saturated rings. The van der Waals surface area contributed by atoms with E-state index in [0.717, 1.165) is 12.5 Å². The molecule has 1 aromatic rings. The number of benzene rings is 1. The van der Waals surface area contributed by atoms with E-state index < -0.39 is 0 Å². The maximum absolute atomic E-state index is 3.86. The van der Waals surface area contributed by atoms with Crippen LogP contribution in [0.4, 0.5) is 0 Å². The smallest absolute Gasteiger partial charge is 0.0309 e. The van der Waals surface area contributed by atoms with Gasteiger partial charge in [0, 0.05) is 31.2 Å². The van der Waals surface area contributed by atoms with E-state index in [-0.39, 0.29) is 0 Å². The van der Waals surface area contributed by atoms with E-state index in [0.29, 0.717) is 11.6 Å². The number of hydrogen-bond acceptors (Lipinski definition) is 2. The minimum Gasteiger partial charge on any atom is -0.308 e.